The molecular weight excluding hydrogens is 327 g/mol. The number of likely N-dealkylation sites (tertiary alicyclic amines) is 1. The SMILES string of the molecule is CCOC(=O)N1C2CCC1CC(NCC(=O)N1CC(F)CC1C#N)C2. The van der Waals surface area contributed by atoms with Crippen LogP contribution in [-0.4, -0.2) is 71.8 Å². The van der Waals surface area contributed by atoms with Crippen LogP contribution in [0.5, 0.6) is 0 Å². The Morgan fingerprint density at radius 1 is 1.28 bits per heavy atom. The van der Waals surface area contributed by atoms with Crippen molar-refractivity contribution in [2.75, 3.05) is 19.7 Å². The normalized spacial score (nSPS) is 34.0. The molecule has 0 spiro atoms. The van der Waals surface area contributed by atoms with E-state index in [4.69, 9.17) is 10.00 Å². The summed E-state index contributed by atoms with van der Waals surface area (Å²) in [7, 11) is 0. The predicted octanol–water partition coefficient (Wildman–Crippen LogP) is 1.19. The summed E-state index contributed by atoms with van der Waals surface area (Å²) in [6.45, 7) is 2.28. The van der Waals surface area contributed by atoms with E-state index in [9.17, 15) is 14.0 Å². The molecule has 3 aliphatic heterocycles. The summed E-state index contributed by atoms with van der Waals surface area (Å²) in [5.74, 6) is -0.230. The van der Waals surface area contributed by atoms with E-state index in [1.807, 2.05) is 11.0 Å². The minimum Gasteiger partial charge on any atom is -0.450 e. The van der Waals surface area contributed by atoms with E-state index < -0.39 is 12.2 Å². The molecule has 138 valence electrons. The summed E-state index contributed by atoms with van der Waals surface area (Å²) in [6.07, 6.45) is 2.24. The number of nitrogens with one attached hydrogen (secondary N) is 1. The molecule has 4 unspecified atom stereocenters. The van der Waals surface area contributed by atoms with E-state index >= 15 is 0 Å². The Labute approximate surface area is 147 Å². The quantitative estimate of drug-likeness (QED) is 0.821. The number of hydrogen-bond acceptors (Lipinski definition) is 5. The van der Waals surface area contributed by atoms with Gasteiger partial charge in [0, 0.05) is 24.5 Å². The van der Waals surface area contributed by atoms with Crippen molar-refractivity contribution in [2.45, 2.75) is 69.4 Å². The first-order valence-electron chi connectivity index (χ1n) is 9.05. The van der Waals surface area contributed by atoms with Crippen LogP contribution < -0.4 is 5.32 Å². The zero-order valence-electron chi connectivity index (χ0n) is 14.5. The molecule has 2 amide bonds. The van der Waals surface area contributed by atoms with Gasteiger partial charge < -0.3 is 19.9 Å². The van der Waals surface area contributed by atoms with Crippen molar-refractivity contribution < 1.29 is 18.7 Å². The lowest BCUT2D eigenvalue weighted by molar-refractivity contribution is -0.130. The first-order chi connectivity index (χ1) is 12.0. The van der Waals surface area contributed by atoms with Crippen molar-refractivity contribution in [3.63, 3.8) is 0 Å². The van der Waals surface area contributed by atoms with E-state index in [0.717, 1.165) is 25.7 Å². The second kappa shape index (κ2) is 7.56. The van der Waals surface area contributed by atoms with Gasteiger partial charge in [0.05, 0.1) is 25.8 Å². The third kappa shape index (κ3) is 3.71. The number of halogens is 1. The maximum atomic E-state index is 13.4. The Bertz CT molecular complexity index is 553. The highest BCUT2D eigenvalue weighted by Gasteiger charge is 2.44. The van der Waals surface area contributed by atoms with Crippen molar-refractivity contribution in [3.8, 4) is 6.07 Å². The molecule has 0 saturated carbocycles. The summed E-state index contributed by atoms with van der Waals surface area (Å²) < 4.78 is 18.6. The van der Waals surface area contributed by atoms with Crippen LogP contribution in [-0.2, 0) is 9.53 Å². The summed E-state index contributed by atoms with van der Waals surface area (Å²) in [6, 6.07) is 1.79. The van der Waals surface area contributed by atoms with E-state index in [1.165, 1.54) is 4.90 Å². The highest BCUT2D eigenvalue weighted by Crippen LogP contribution is 2.36. The summed E-state index contributed by atoms with van der Waals surface area (Å²) >= 11 is 0. The molecule has 0 aromatic heterocycles. The van der Waals surface area contributed by atoms with Gasteiger partial charge in [0.25, 0.3) is 0 Å². The largest absolute Gasteiger partial charge is 0.450 e. The van der Waals surface area contributed by atoms with Crippen molar-refractivity contribution in [1.29, 1.82) is 5.26 Å². The number of rotatable bonds is 4. The second-order valence-corrected chi connectivity index (χ2v) is 7.06. The maximum absolute atomic E-state index is 13.4. The van der Waals surface area contributed by atoms with E-state index in [2.05, 4.69) is 5.32 Å². The van der Waals surface area contributed by atoms with Gasteiger partial charge in [-0.15, -0.1) is 0 Å². The summed E-state index contributed by atoms with van der Waals surface area (Å²) in [5.41, 5.74) is 0. The fraction of sp³-hybridized carbons (Fsp3) is 0.824. The molecule has 3 fully saturated rings. The highest BCUT2D eigenvalue weighted by atomic mass is 19.1. The fourth-order valence-corrected chi connectivity index (χ4v) is 4.36. The fourth-order valence-electron chi connectivity index (χ4n) is 4.36. The monoisotopic (exact) mass is 352 g/mol. The van der Waals surface area contributed by atoms with Gasteiger partial charge in [-0.1, -0.05) is 0 Å². The summed E-state index contributed by atoms with van der Waals surface area (Å²) in [4.78, 5) is 27.5. The van der Waals surface area contributed by atoms with Gasteiger partial charge in [0.1, 0.15) is 12.2 Å². The van der Waals surface area contributed by atoms with Gasteiger partial charge in [-0.2, -0.15) is 5.26 Å². The molecular formula is C17H25FN4O3. The topological polar surface area (TPSA) is 85.7 Å². The maximum Gasteiger partial charge on any atom is 0.410 e. The Kier molecular flexibility index (Phi) is 5.42. The first-order valence-corrected chi connectivity index (χ1v) is 9.05. The standard InChI is InChI=1S/C17H25FN4O3/c1-2-25-17(24)22-13-3-4-14(22)7-12(6-13)20-9-16(23)21-10-11(18)5-15(21)8-19/h11-15,20H,2-7,9-10H2,1H3. The lowest BCUT2D eigenvalue weighted by Crippen LogP contribution is -2.53. The van der Waals surface area contributed by atoms with Gasteiger partial charge in [-0.3, -0.25) is 4.79 Å². The molecule has 0 radical (unpaired) electrons. The molecule has 3 heterocycles. The molecule has 0 aromatic carbocycles. The molecule has 3 saturated heterocycles. The second-order valence-electron chi connectivity index (χ2n) is 7.06. The third-order valence-corrected chi connectivity index (χ3v) is 5.47. The lowest BCUT2D eigenvalue weighted by Gasteiger charge is -2.38. The number of carbonyl (C=O) groups excluding carboxylic acids is 2. The number of ether oxygens (including phenoxy) is 1. The Balaban J connectivity index is 1.50. The zero-order valence-corrected chi connectivity index (χ0v) is 14.5. The smallest absolute Gasteiger partial charge is 0.410 e. The zero-order chi connectivity index (χ0) is 18.0. The van der Waals surface area contributed by atoms with Gasteiger partial charge >= 0.3 is 6.09 Å². The molecule has 3 rings (SSSR count). The van der Waals surface area contributed by atoms with Gasteiger partial charge in [-0.05, 0) is 32.6 Å². The van der Waals surface area contributed by atoms with E-state index in [1.54, 1.807) is 6.92 Å². The number of piperidine rings is 1. The van der Waals surface area contributed by atoms with Crippen molar-refractivity contribution in [2.24, 2.45) is 0 Å². The molecule has 25 heavy (non-hydrogen) atoms. The molecule has 4 atom stereocenters. The Hall–Kier alpha value is -1.88. The molecule has 0 aliphatic carbocycles. The number of alkyl halides is 1. The van der Waals surface area contributed by atoms with Crippen molar-refractivity contribution in [3.05, 3.63) is 0 Å². The molecule has 8 heteroatoms. The summed E-state index contributed by atoms with van der Waals surface area (Å²) in [5, 5.41) is 12.3. The molecule has 3 aliphatic rings. The Morgan fingerprint density at radius 3 is 2.56 bits per heavy atom. The van der Waals surface area contributed by atoms with Crippen LogP contribution in [0.2, 0.25) is 0 Å². The highest BCUT2D eigenvalue weighted by molar-refractivity contribution is 5.79. The number of nitrogens with zero attached hydrogens (tertiary/aromatic N) is 3. The number of hydrogen-bond donors (Lipinski definition) is 1. The number of amides is 2. The average molecular weight is 352 g/mol. The van der Waals surface area contributed by atoms with Gasteiger partial charge in [-0.25, -0.2) is 9.18 Å². The molecule has 2 bridgehead atoms. The predicted molar refractivity (Wildman–Crippen MR) is 87.3 cm³/mol. The number of carbonyl (C=O) groups is 2. The molecule has 0 aromatic rings. The van der Waals surface area contributed by atoms with Crippen LogP contribution in [0.3, 0.4) is 0 Å². The van der Waals surface area contributed by atoms with E-state index in [-0.39, 0.29) is 49.6 Å². The van der Waals surface area contributed by atoms with E-state index in [0.29, 0.717) is 6.61 Å². The molecule has 1 N–H and O–H groups in total. The first kappa shape index (κ1) is 17.9. The van der Waals surface area contributed by atoms with Crippen molar-refractivity contribution >= 4 is 12.0 Å². The Morgan fingerprint density at radius 2 is 1.96 bits per heavy atom. The van der Waals surface area contributed by atoms with Crippen LogP contribution in [0.4, 0.5) is 9.18 Å². The van der Waals surface area contributed by atoms with Gasteiger partial charge in [0.2, 0.25) is 5.91 Å². The molecule has 7 nitrogen and oxygen atoms in total. The van der Waals surface area contributed by atoms with Crippen LogP contribution in [0, 0.1) is 11.3 Å². The van der Waals surface area contributed by atoms with Crippen molar-refractivity contribution in [1.82, 2.24) is 15.1 Å². The third-order valence-electron chi connectivity index (χ3n) is 5.47. The lowest BCUT2D eigenvalue weighted by atomic mass is 9.98. The average Bonchev–Trinajstić information content (AvgIpc) is 3.10. The van der Waals surface area contributed by atoms with Crippen LogP contribution in [0.1, 0.15) is 39.0 Å². The van der Waals surface area contributed by atoms with Gasteiger partial charge in [0.15, 0.2) is 0 Å². The van der Waals surface area contributed by atoms with Crippen LogP contribution >= 0.6 is 0 Å². The minimum atomic E-state index is -1.11. The van der Waals surface area contributed by atoms with Crippen LogP contribution in [0.15, 0.2) is 0 Å². The number of fused-ring (bicyclic) bond motifs is 2. The minimum absolute atomic E-state index is 0.00525. The number of nitriles is 1. The van der Waals surface area contributed by atoms with Crippen LogP contribution in [0.25, 0.3) is 0 Å².